The van der Waals surface area contributed by atoms with Crippen molar-refractivity contribution in [1.29, 1.82) is 5.26 Å². The van der Waals surface area contributed by atoms with Crippen molar-refractivity contribution in [1.82, 2.24) is 4.90 Å². The molecule has 1 fully saturated rings. The lowest BCUT2D eigenvalue weighted by molar-refractivity contribution is 0.0180. The number of rotatable bonds is 2. The van der Waals surface area contributed by atoms with Crippen LogP contribution in [0.2, 0.25) is 0 Å². The molecule has 0 aliphatic carbocycles. The fraction of sp³-hybridized carbons (Fsp3) is 0.556. The molecule has 0 N–H and O–H groups in total. The van der Waals surface area contributed by atoms with Gasteiger partial charge in [-0.3, -0.25) is 0 Å². The summed E-state index contributed by atoms with van der Waals surface area (Å²) in [6, 6.07) is 8.44. The van der Waals surface area contributed by atoms with Crippen LogP contribution in [0.15, 0.2) is 24.3 Å². The Hall–Kier alpha value is -2.09. The van der Waals surface area contributed by atoms with Crippen molar-refractivity contribution in [2.75, 3.05) is 13.1 Å². The smallest absolute Gasteiger partial charge is 0.410 e. The number of halogens is 1. The molecular formula is C18H23FN2O2. The van der Waals surface area contributed by atoms with Gasteiger partial charge in [-0.2, -0.15) is 5.26 Å². The van der Waals surface area contributed by atoms with Crippen LogP contribution < -0.4 is 0 Å². The molecule has 0 bridgehead atoms. The molecule has 1 saturated heterocycles. The van der Waals surface area contributed by atoms with Gasteiger partial charge in [0.1, 0.15) is 11.4 Å². The summed E-state index contributed by atoms with van der Waals surface area (Å²) in [6.45, 7) is 6.70. The molecule has 1 aliphatic rings. The molecular weight excluding hydrogens is 295 g/mol. The van der Waals surface area contributed by atoms with Crippen LogP contribution in [0.5, 0.6) is 0 Å². The van der Waals surface area contributed by atoms with Crippen molar-refractivity contribution in [3.8, 4) is 6.07 Å². The minimum Gasteiger partial charge on any atom is -0.444 e. The largest absolute Gasteiger partial charge is 0.444 e. The van der Waals surface area contributed by atoms with Crippen molar-refractivity contribution in [2.24, 2.45) is 5.92 Å². The van der Waals surface area contributed by atoms with Crippen LogP contribution in [-0.2, 0) is 4.74 Å². The fourth-order valence-corrected chi connectivity index (χ4v) is 2.86. The molecule has 1 aromatic rings. The fourth-order valence-electron chi connectivity index (χ4n) is 2.86. The van der Waals surface area contributed by atoms with Crippen LogP contribution in [0.4, 0.5) is 9.18 Å². The van der Waals surface area contributed by atoms with Crippen LogP contribution in [0.3, 0.4) is 0 Å². The average Bonchev–Trinajstić information content (AvgIpc) is 2.49. The number of ether oxygens (including phenoxy) is 1. The zero-order chi connectivity index (χ0) is 17.0. The van der Waals surface area contributed by atoms with Gasteiger partial charge in [-0.15, -0.1) is 0 Å². The third-order valence-electron chi connectivity index (χ3n) is 4.03. The van der Waals surface area contributed by atoms with Crippen LogP contribution in [-0.4, -0.2) is 29.7 Å². The van der Waals surface area contributed by atoms with Crippen molar-refractivity contribution in [2.45, 2.75) is 45.1 Å². The molecule has 124 valence electrons. The van der Waals surface area contributed by atoms with Crippen LogP contribution in [0.25, 0.3) is 0 Å². The van der Waals surface area contributed by atoms with Crippen molar-refractivity contribution in [3.63, 3.8) is 0 Å². The second-order valence-electron chi connectivity index (χ2n) is 6.96. The summed E-state index contributed by atoms with van der Waals surface area (Å²) in [5.41, 5.74) is 0.335. The van der Waals surface area contributed by atoms with E-state index in [1.807, 2.05) is 20.8 Å². The second-order valence-corrected chi connectivity index (χ2v) is 6.96. The summed E-state index contributed by atoms with van der Waals surface area (Å²) in [4.78, 5) is 13.8. The molecule has 1 atom stereocenters. The van der Waals surface area contributed by atoms with Gasteiger partial charge in [-0.05, 0) is 57.2 Å². The quantitative estimate of drug-likeness (QED) is 0.825. The molecule has 0 aromatic heterocycles. The Kier molecular flexibility index (Phi) is 5.25. The number of amides is 1. The van der Waals surface area contributed by atoms with E-state index in [9.17, 15) is 14.4 Å². The Morgan fingerprint density at radius 1 is 1.30 bits per heavy atom. The van der Waals surface area contributed by atoms with E-state index < -0.39 is 5.60 Å². The summed E-state index contributed by atoms with van der Waals surface area (Å²) < 4.78 is 18.4. The van der Waals surface area contributed by atoms with E-state index in [1.165, 1.54) is 12.1 Å². The van der Waals surface area contributed by atoms with Gasteiger partial charge in [0.25, 0.3) is 0 Å². The summed E-state index contributed by atoms with van der Waals surface area (Å²) in [5.74, 6) is -0.397. The monoisotopic (exact) mass is 318 g/mol. The van der Waals surface area contributed by atoms with Gasteiger partial charge in [-0.25, -0.2) is 9.18 Å². The van der Waals surface area contributed by atoms with E-state index >= 15 is 0 Å². The molecule has 1 amide bonds. The summed E-state index contributed by atoms with van der Waals surface area (Å²) in [7, 11) is 0. The molecule has 4 nitrogen and oxygen atoms in total. The average molecular weight is 318 g/mol. The summed E-state index contributed by atoms with van der Waals surface area (Å²) in [5, 5.41) is 9.48. The molecule has 1 unspecified atom stereocenters. The van der Waals surface area contributed by atoms with E-state index in [0.29, 0.717) is 13.1 Å². The standard InChI is InChI=1S/C18H23FN2O2/c1-18(2,3)23-17(22)21-10-8-14(9-11-21)16(12-20)13-4-6-15(19)7-5-13/h4-7,14,16H,8-11H2,1-3H3. The van der Waals surface area contributed by atoms with Gasteiger partial charge in [0.05, 0.1) is 12.0 Å². The maximum absolute atomic E-state index is 13.0. The van der Waals surface area contributed by atoms with E-state index in [2.05, 4.69) is 6.07 Å². The molecule has 5 heteroatoms. The number of piperidine rings is 1. The molecule has 1 aromatic carbocycles. The number of hydrogen-bond donors (Lipinski definition) is 0. The number of benzene rings is 1. The number of nitrogens with zero attached hydrogens (tertiary/aromatic N) is 2. The molecule has 1 aliphatic heterocycles. The van der Waals surface area contributed by atoms with E-state index in [4.69, 9.17) is 4.74 Å². The van der Waals surface area contributed by atoms with Gasteiger partial charge in [0, 0.05) is 13.1 Å². The molecule has 23 heavy (non-hydrogen) atoms. The SMILES string of the molecule is CC(C)(C)OC(=O)N1CCC(C(C#N)c2ccc(F)cc2)CC1. The summed E-state index contributed by atoms with van der Waals surface area (Å²) >= 11 is 0. The Balaban J connectivity index is 1.96. The van der Waals surface area contributed by atoms with Gasteiger partial charge in [-0.1, -0.05) is 12.1 Å². The minimum atomic E-state index is -0.503. The Morgan fingerprint density at radius 3 is 2.35 bits per heavy atom. The zero-order valence-electron chi connectivity index (χ0n) is 13.9. The Morgan fingerprint density at radius 2 is 1.87 bits per heavy atom. The topological polar surface area (TPSA) is 53.3 Å². The highest BCUT2D eigenvalue weighted by atomic mass is 19.1. The number of hydrogen-bond acceptors (Lipinski definition) is 3. The predicted octanol–water partition coefficient (Wildman–Crippen LogP) is 4.08. The molecule has 0 saturated carbocycles. The second kappa shape index (κ2) is 6.99. The van der Waals surface area contributed by atoms with E-state index in [0.717, 1.165) is 18.4 Å². The van der Waals surface area contributed by atoms with Crippen LogP contribution in [0.1, 0.15) is 45.1 Å². The first-order chi connectivity index (χ1) is 10.8. The Labute approximate surface area is 136 Å². The number of likely N-dealkylation sites (tertiary alicyclic amines) is 1. The number of carbonyl (C=O) groups excluding carboxylic acids is 1. The van der Waals surface area contributed by atoms with Gasteiger partial charge >= 0.3 is 6.09 Å². The maximum atomic E-state index is 13.0. The predicted molar refractivity (Wildman–Crippen MR) is 85.3 cm³/mol. The first-order valence-corrected chi connectivity index (χ1v) is 7.93. The van der Waals surface area contributed by atoms with Gasteiger partial charge in [0.2, 0.25) is 0 Å². The highest BCUT2D eigenvalue weighted by Gasteiger charge is 2.31. The first-order valence-electron chi connectivity index (χ1n) is 7.93. The lowest BCUT2D eigenvalue weighted by Crippen LogP contribution is -2.42. The van der Waals surface area contributed by atoms with Gasteiger partial charge < -0.3 is 9.64 Å². The highest BCUT2D eigenvalue weighted by molar-refractivity contribution is 5.68. The van der Waals surface area contributed by atoms with Crippen molar-refractivity contribution < 1.29 is 13.9 Å². The molecule has 0 radical (unpaired) electrons. The van der Waals surface area contributed by atoms with E-state index in [1.54, 1.807) is 17.0 Å². The lowest BCUT2D eigenvalue weighted by Gasteiger charge is -2.35. The Bertz CT molecular complexity index is 579. The van der Waals surface area contributed by atoms with E-state index in [-0.39, 0.29) is 23.7 Å². The van der Waals surface area contributed by atoms with Crippen LogP contribution >= 0.6 is 0 Å². The van der Waals surface area contributed by atoms with Crippen molar-refractivity contribution >= 4 is 6.09 Å². The molecule has 1 heterocycles. The third-order valence-corrected chi connectivity index (χ3v) is 4.03. The first kappa shape index (κ1) is 17.3. The number of carbonyl (C=O) groups is 1. The van der Waals surface area contributed by atoms with Gasteiger partial charge in [0.15, 0.2) is 0 Å². The highest BCUT2D eigenvalue weighted by Crippen LogP contribution is 2.32. The van der Waals surface area contributed by atoms with Crippen molar-refractivity contribution in [3.05, 3.63) is 35.6 Å². The number of nitriles is 1. The van der Waals surface area contributed by atoms with Crippen LogP contribution in [0, 0.1) is 23.1 Å². The summed E-state index contributed by atoms with van der Waals surface area (Å²) in [6.07, 6.45) is 1.19. The zero-order valence-corrected chi connectivity index (χ0v) is 13.9. The maximum Gasteiger partial charge on any atom is 0.410 e. The molecule has 2 rings (SSSR count). The minimum absolute atomic E-state index is 0.171. The third kappa shape index (κ3) is 4.69. The molecule has 0 spiro atoms. The normalized spacial score (nSPS) is 17.4. The lowest BCUT2D eigenvalue weighted by atomic mass is 9.81.